The molecular formula is C12H28O2Si. The van der Waals surface area contributed by atoms with Crippen LogP contribution >= 0.6 is 0 Å². The summed E-state index contributed by atoms with van der Waals surface area (Å²) in [6.07, 6.45) is 4.58. The van der Waals surface area contributed by atoms with E-state index in [0.29, 0.717) is 0 Å². The van der Waals surface area contributed by atoms with Crippen molar-refractivity contribution in [3.05, 3.63) is 0 Å². The maximum atomic E-state index is 5.93. The number of hydrogen-bond acceptors (Lipinski definition) is 2. The molecule has 0 aromatic heterocycles. The van der Waals surface area contributed by atoms with Gasteiger partial charge in [-0.05, 0) is 19.3 Å². The fraction of sp³-hybridized carbons (Fsp3) is 1.00. The summed E-state index contributed by atoms with van der Waals surface area (Å²) in [5, 5.41) is 0.263. The third-order valence-corrected chi connectivity index (χ3v) is 5.12. The predicted octanol–water partition coefficient (Wildman–Crippen LogP) is 3.64. The molecule has 3 heteroatoms. The van der Waals surface area contributed by atoms with Crippen LogP contribution in [0.15, 0.2) is 0 Å². The van der Waals surface area contributed by atoms with Gasteiger partial charge in [-0.1, -0.05) is 41.0 Å². The normalized spacial score (nSPS) is 12.4. The van der Waals surface area contributed by atoms with E-state index in [1.807, 2.05) is 0 Å². The summed E-state index contributed by atoms with van der Waals surface area (Å²) in [5.74, 6) is 0. The molecule has 0 saturated heterocycles. The quantitative estimate of drug-likeness (QED) is 0.565. The van der Waals surface area contributed by atoms with Gasteiger partial charge in [0.15, 0.2) is 0 Å². The lowest BCUT2D eigenvalue weighted by molar-refractivity contribution is 0.172. The summed E-state index contributed by atoms with van der Waals surface area (Å²) < 4.78 is 11.9. The molecule has 0 N–H and O–H groups in total. The third kappa shape index (κ3) is 6.33. The molecule has 0 aromatic carbocycles. The number of hydrogen-bond donors (Lipinski definition) is 0. The Morgan fingerprint density at radius 2 is 1.33 bits per heavy atom. The van der Waals surface area contributed by atoms with Crippen LogP contribution in [0, 0.1) is 0 Å². The first kappa shape index (κ1) is 15.1. The zero-order chi connectivity index (χ0) is 11.7. The summed E-state index contributed by atoms with van der Waals surface area (Å²) in [5.41, 5.74) is 0. The Bertz CT molecular complexity index is 141. The first-order chi connectivity index (χ1) is 7.08. The van der Waals surface area contributed by atoms with E-state index in [2.05, 4.69) is 34.6 Å². The lowest BCUT2D eigenvalue weighted by atomic mass is 10.1. The minimum absolute atomic E-state index is 0.263. The van der Waals surface area contributed by atoms with Crippen LogP contribution in [0.2, 0.25) is 5.04 Å². The molecule has 0 radical (unpaired) electrons. The van der Waals surface area contributed by atoms with Gasteiger partial charge in [0, 0.05) is 18.3 Å². The van der Waals surface area contributed by atoms with Crippen LogP contribution in [0.3, 0.4) is 0 Å². The van der Waals surface area contributed by atoms with Crippen LogP contribution in [0.5, 0.6) is 0 Å². The van der Waals surface area contributed by atoms with E-state index in [9.17, 15) is 0 Å². The first-order valence-electron chi connectivity index (χ1n) is 6.31. The van der Waals surface area contributed by atoms with E-state index < -0.39 is 9.28 Å². The average molecular weight is 232 g/mol. The summed E-state index contributed by atoms with van der Waals surface area (Å²) in [7, 11) is -1.50. The molecular weight excluding hydrogens is 204 g/mol. The molecule has 0 aliphatic rings. The average Bonchev–Trinajstić information content (AvgIpc) is 2.17. The van der Waals surface area contributed by atoms with E-state index in [1.54, 1.807) is 0 Å². The molecule has 0 rings (SSSR count). The summed E-state index contributed by atoms with van der Waals surface area (Å²) in [4.78, 5) is 0. The van der Waals surface area contributed by atoms with Gasteiger partial charge in [-0.2, -0.15) is 0 Å². The zero-order valence-corrected chi connectivity index (χ0v) is 12.3. The van der Waals surface area contributed by atoms with Crippen molar-refractivity contribution in [3.63, 3.8) is 0 Å². The van der Waals surface area contributed by atoms with Gasteiger partial charge >= 0.3 is 9.28 Å². The monoisotopic (exact) mass is 232 g/mol. The minimum atomic E-state index is -1.50. The molecule has 0 spiro atoms. The zero-order valence-electron chi connectivity index (χ0n) is 11.1. The van der Waals surface area contributed by atoms with Crippen molar-refractivity contribution in [2.45, 2.75) is 65.3 Å². The molecule has 0 heterocycles. The van der Waals surface area contributed by atoms with Crippen LogP contribution in [0.4, 0.5) is 0 Å². The molecule has 0 aromatic rings. The smallest absolute Gasteiger partial charge is 0.327 e. The van der Waals surface area contributed by atoms with Gasteiger partial charge in [-0.15, -0.1) is 0 Å². The summed E-state index contributed by atoms with van der Waals surface area (Å²) in [6, 6.07) is 0. The van der Waals surface area contributed by atoms with Gasteiger partial charge in [0.2, 0.25) is 0 Å². The minimum Gasteiger partial charge on any atom is -0.396 e. The maximum absolute atomic E-state index is 5.93. The van der Waals surface area contributed by atoms with Crippen LogP contribution < -0.4 is 0 Å². The Morgan fingerprint density at radius 1 is 0.867 bits per heavy atom. The largest absolute Gasteiger partial charge is 0.396 e. The van der Waals surface area contributed by atoms with Crippen molar-refractivity contribution in [2.75, 3.05) is 13.2 Å². The predicted molar refractivity (Wildman–Crippen MR) is 68.6 cm³/mol. The molecule has 0 unspecified atom stereocenters. The molecule has 2 nitrogen and oxygen atoms in total. The lowest BCUT2D eigenvalue weighted by Crippen LogP contribution is -2.35. The molecule has 0 atom stereocenters. The van der Waals surface area contributed by atoms with Crippen molar-refractivity contribution in [1.82, 2.24) is 0 Å². The van der Waals surface area contributed by atoms with E-state index in [0.717, 1.165) is 26.1 Å². The topological polar surface area (TPSA) is 18.5 Å². The van der Waals surface area contributed by atoms with Gasteiger partial charge in [-0.3, -0.25) is 0 Å². The highest BCUT2D eigenvalue weighted by molar-refractivity contribution is 6.48. The second-order valence-corrected chi connectivity index (χ2v) is 7.71. The second kappa shape index (κ2) is 8.31. The first-order valence-corrected chi connectivity index (χ1v) is 7.83. The van der Waals surface area contributed by atoms with Crippen LogP contribution in [-0.4, -0.2) is 22.5 Å². The molecule has 0 aliphatic heterocycles. The van der Waals surface area contributed by atoms with Gasteiger partial charge in [-0.25, -0.2) is 0 Å². The van der Waals surface area contributed by atoms with E-state index in [-0.39, 0.29) is 5.04 Å². The van der Waals surface area contributed by atoms with Crippen molar-refractivity contribution in [3.8, 4) is 0 Å². The molecule has 0 bridgehead atoms. The number of rotatable bonds is 9. The molecule has 92 valence electrons. The Kier molecular flexibility index (Phi) is 8.38. The Balaban J connectivity index is 4.17. The molecule has 0 amide bonds. The third-order valence-electron chi connectivity index (χ3n) is 2.48. The van der Waals surface area contributed by atoms with Crippen molar-refractivity contribution in [1.29, 1.82) is 0 Å². The van der Waals surface area contributed by atoms with Crippen molar-refractivity contribution in [2.24, 2.45) is 0 Å². The Hall–Kier alpha value is 0.137. The lowest BCUT2D eigenvalue weighted by Gasteiger charge is -2.31. The van der Waals surface area contributed by atoms with Gasteiger partial charge in [0.05, 0.1) is 0 Å². The van der Waals surface area contributed by atoms with Crippen molar-refractivity contribution >= 4 is 9.28 Å². The van der Waals surface area contributed by atoms with E-state index in [4.69, 9.17) is 8.85 Å². The van der Waals surface area contributed by atoms with Gasteiger partial charge in [0.25, 0.3) is 0 Å². The highest BCUT2D eigenvalue weighted by atomic mass is 28.3. The molecule has 0 saturated carbocycles. The molecule has 0 aliphatic carbocycles. The highest BCUT2D eigenvalue weighted by Crippen LogP contribution is 2.35. The summed E-state index contributed by atoms with van der Waals surface area (Å²) >= 11 is 0. The SMILES string of the molecule is CCCO[SiH](OCCC)C(C)(C)CCC. The molecule has 0 fully saturated rings. The van der Waals surface area contributed by atoms with E-state index in [1.165, 1.54) is 12.8 Å². The second-order valence-electron chi connectivity index (χ2n) is 4.81. The fourth-order valence-corrected chi connectivity index (χ4v) is 4.13. The van der Waals surface area contributed by atoms with Crippen molar-refractivity contribution < 1.29 is 8.85 Å². The Morgan fingerprint density at radius 3 is 1.67 bits per heavy atom. The fourth-order valence-electron chi connectivity index (χ4n) is 1.71. The maximum Gasteiger partial charge on any atom is 0.327 e. The van der Waals surface area contributed by atoms with Crippen LogP contribution in [0.1, 0.15) is 60.3 Å². The van der Waals surface area contributed by atoms with Gasteiger partial charge in [0.1, 0.15) is 0 Å². The summed E-state index contributed by atoms with van der Waals surface area (Å²) in [6.45, 7) is 12.8. The molecule has 15 heavy (non-hydrogen) atoms. The van der Waals surface area contributed by atoms with E-state index >= 15 is 0 Å². The highest BCUT2D eigenvalue weighted by Gasteiger charge is 2.33. The van der Waals surface area contributed by atoms with Crippen LogP contribution in [-0.2, 0) is 8.85 Å². The van der Waals surface area contributed by atoms with Gasteiger partial charge < -0.3 is 8.85 Å². The standard InChI is InChI=1S/C12H28O2Si/c1-6-9-12(4,5)15(13-10-7-2)14-11-8-3/h15H,6-11H2,1-5H3. The Labute approximate surface area is 97.2 Å². The van der Waals surface area contributed by atoms with Crippen LogP contribution in [0.25, 0.3) is 0 Å².